The van der Waals surface area contributed by atoms with Crippen molar-refractivity contribution in [3.05, 3.63) is 35.9 Å². The lowest BCUT2D eigenvalue weighted by Gasteiger charge is -2.16. The molecule has 0 saturated carbocycles. The molecule has 0 aliphatic rings. The zero-order valence-corrected chi connectivity index (χ0v) is 10.1. The predicted molar refractivity (Wildman–Crippen MR) is 70.4 cm³/mol. The van der Waals surface area contributed by atoms with Gasteiger partial charge in [-0.2, -0.15) is 0 Å². The molecule has 0 radical (unpaired) electrons. The van der Waals surface area contributed by atoms with Crippen molar-refractivity contribution in [2.24, 2.45) is 0 Å². The van der Waals surface area contributed by atoms with Gasteiger partial charge in [-0.1, -0.05) is 37.3 Å². The molecule has 0 heterocycles. The van der Waals surface area contributed by atoms with Gasteiger partial charge in [0.2, 0.25) is 0 Å². The molecule has 0 aromatic heterocycles. The van der Waals surface area contributed by atoms with Crippen molar-refractivity contribution in [2.45, 2.75) is 32.1 Å². The highest BCUT2D eigenvalue weighted by molar-refractivity contribution is 5.20. The van der Waals surface area contributed by atoms with Crippen LogP contribution in [-0.2, 0) is 0 Å². The van der Waals surface area contributed by atoms with E-state index in [9.17, 15) is 0 Å². The maximum absolute atomic E-state index is 5.34. The minimum absolute atomic E-state index is 0.545. The Morgan fingerprint density at radius 1 is 1.31 bits per heavy atom. The fraction of sp³-hybridized carbons (Fsp3) is 0.467. The van der Waals surface area contributed by atoms with E-state index in [1.807, 2.05) is 0 Å². The Labute approximate surface area is 99.3 Å². The molecule has 0 aliphatic heterocycles. The van der Waals surface area contributed by atoms with Crippen LogP contribution in [0.2, 0.25) is 0 Å². The van der Waals surface area contributed by atoms with Gasteiger partial charge in [0, 0.05) is 13.0 Å². The summed E-state index contributed by atoms with van der Waals surface area (Å²) in [6.45, 7) is 4.30. The lowest BCUT2D eigenvalue weighted by Crippen LogP contribution is -2.22. The summed E-state index contributed by atoms with van der Waals surface area (Å²) in [6, 6.07) is 10.6. The van der Waals surface area contributed by atoms with Gasteiger partial charge in [-0.3, -0.25) is 0 Å². The first-order valence-electron chi connectivity index (χ1n) is 6.07. The molecular weight excluding hydrogens is 194 g/mol. The number of hydrogen-bond donors (Lipinski definition) is 1. The fourth-order valence-corrected chi connectivity index (χ4v) is 1.82. The third-order valence-corrected chi connectivity index (χ3v) is 2.73. The lowest BCUT2D eigenvalue weighted by molar-refractivity contribution is 0.555. The Hall–Kier alpha value is -1.26. The highest BCUT2D eigenvalue weighted by Gasteiger charge is 2.09. The zero-order chi connectivity index (χ0) is 11.6. The molecule has 0 amide bonds. The number of benzene rings is 1. The second kappa shape index (κ2) is 7.96. The van der Waals surface area contributed by atoms with E-state index >= 15 is 0 Å². The third-order valence-electron chi connectivity index (χ3n) is 2.73. The molecule has 86 valence electrons. The quantitative estimate of drug-likeness (QED) is 0.544. The van der Waals surface area contributed by atoms with E-state index in [1.165, 1.54) is 12.0 Å². The van der Waals surface area contributed by atoms with Crippen LogP contribution in [0, 0.1) is 12.3 Å². The summed E-state index contributed by atoms with van der Waals surface area (Å²) in [7, 11) is 0. The topological polar surface area (TPSA) is 12.0 Å². The van der Waals surface area contributed by atoms with E-state index in [0.717, 1.165) is 25.9 Å². The van der Waals surface area contributed by atoms with Gasteiger partial charge in [0.25, 0.3) is 0 Å². The Morgan fingerprint density at radius 2 is 2.06 bits per heavy atom. The minimum atomic E-state index is 0.545. The first-order chi connectivity index (χ1) is 7.88. The smallest absolute Gasteiger partial charge is 0.00923 e. The molecule has 0 bridgehead atoms. The van der Waals surface area contributed by atoms with Crippen LogP contribution in [0.25, 0.3) is 0 Å². The van der Waals surface area contributed by atoms with Crippen LogP contribution in [0.15, 0.2) is 30.3 Å². The van der Waals surface area contributed by atoms with Crippen LogP contribution in [0.3, 0.4) is 0 Å². The monoisotopic (exact) mass is 215 g/mol. The van der Waals surface area contributed by atoms with Crippen LogP contribution >= 0.6 is 0 Å². The fourth-order valence-electron chi connectivity index (χ4n) is 1.82. The molecule has 1 aromatic rings. The molecule has 0 spiro atoms. The van der Waals surface area contributed by atoms with E-state index in [4.69, 9.17) is 6.42 Å². The van der Waals surface area contributed by atoms with Gasteiger partial charge in [0.1, 0.15) is 0 Å². The number of nitrogens with one attached hydrogen (secondary N) is 1. The normalized spacial score (nSPS) is 12.0. The molecule has 0 fully saturated rings. The number of hydrogen-bond acceptors (Lipinski definition) is 1. The van der Waals surface area contributed by atoms with Crippen molar-refractivity contribution in [2.75, 3.05) is 13.1 Å². The average molecular weight is 215 g/mol. The van der Waals surface area contributed by atoms with Crippen LogP contribution in [0.4, 0.5) is 0 Å². The second-order valence-electron chi connectivity index (χ2n) is 4.05. The largest absolute Gasteiger partial charge is 0.316 e. The second-order valence-corrected chi connectivity index (χ2v) is 4.05. The van der Waals surface area contributed by atoms with Gasteiger partial charge in [0.05, 0.1) is 0 Å². The third kappa shape index (κ3) is 4.51. The molecule has 1 atom stereocenters. The summed E-state index contributed by atoms with van der Waals surface area (Å²) in [4.78, 5) is 0. The average Bonchev–Trinajstić information content (AvgIpc) is 2.35. The van der Waals surface area contributed by atoms with Gasteiger partial charge >= 0.3 is 0 Å². The molecule has 1 rings (SSSR count). The van der Waals surface area contributed by atoms with Crippen molar-refractivity contribution >= 4 is 0 Å². The van der Waals surface area contributed by atoms with Gasteiger partial charge < -0.3 is 5.32 Å². The zero-order valence-electron chi connectivity index (χ0n) is 10.1. The molecule has 1 N–H and O–H groups in total. The maximum Gasteiger partial charge on any atom is 0.00923 e. The Bertz CT molecular complexity index is 310. The first-order valence-corrected chi connectivity index (χ1v) is 6.07. The van der Waals surface area contributed by atoms with E-state index in [1.54, 1.807) is 0 Å². The summed E-state index contributed by atoms with van der Waals surface area (Å²) < 4.78 is 0. The predicted octanol–water partition coefficient (Wildman–Crippen LogP) is 3.18. The Morgan fingerprint density at radius 3 is 2.69 bits per heavy atom. The standard InChI is InChI=1S/C15H21N/c1-3-5-9-15(13-16-12-4-2)14-10-7-6-8-11-14/h1,6-8,10-11,15-16H,4-5,9,12-13H2,2H3. The maximum atomic E-state index is 5.34. The van der Waals surface area contributed by atoms with Gasteiger partial charge in [-0.15, -0.1) is 12.3 Å². The Balaban J connectivity index is 2.53. The van der Waals surface area contributed by atoms with Crippen molar-refractivity contribution in [3.8, 4) is 12.3 Å². The molecule has 0 saturated heterocycles. The lowest BCUT2D eigenvalue weighted by atomic mass is 9.94. The highest BCUT2D eigenvalue weighted by Crippen LogP contribution is 2.19. The summed E-state index contributed by atoms with van der Waals surface area (Å²) in [5.74, 6) is 3.28. The van der Waals surface area contributed by atoms with Gasteiger partial charge in [-0.25, -0.2) is 0 Å². The molecule has 1 aromatic carbocycles. The molecule has 1 unspecified atom stereocenters. The van der Waals surface area contributed by atoms with Crippen molar-refractivity contribution in [1.29, 1.82) is 0 Å². The van der Waals surface area contributed by atoms with E-state index in [0.29, 0.717) is 5.92 Å². The highest BCUT2D eigenvalue weighted by atomic mass is 14.8. The van der Waals surface area contributed by atoms with Crippen molar-refractivity contribution in [3.63, 3.8) is 0 Å². The summed E-state index contributed by atoms with van der Waals surface area (Å²) in [6.07, 6.45) is 8.44. The van der Waals surface area contributed by atoms with E-state index < -0.39 is 0 Å². The van der Waals surface area contributed by atoms with E-state index in [2.05, 4.69) is 48.5 Å². The Kier molecular flexibility index (Phi) is 6.37. The van der Waals surface area contributed by atoms with Crippen LogP contribution in [-0.4, -0.2) is 13.1 Å². The van der Waals surface area contributed by atoms with E-state index in [-0.39, 0.29) is 0 Å². The molecule has 0 aliphatic carbocycles. The summed E-state index contributed by atoms with van der Waals surface area (Å²) in [5.41, 5.74) is 1.39. The molecular formula is C15H21N. The van der Waals surface area contributed by atoms with Crippen molar-refractivity contribution < 1.29 is 0 Å². The van der Waals surface area contributed by atoms with Crippen LogP contribution in [0.1, 0.15) is 37.7 Å². The molecule has 1 heteroatoms. The van der Waals surface area contributed by atoms with Gasteiger partial charge in [-0.05, 0) is 30.9 Å². The molecule has 1 nitrogen and oxygen atoms in total. The SMILES string of the molecule is C#CCCC(CNCCC)c1ccccc1. The summed E-state index contributed by atoms with van der Waals surface area (Å²) in [5, 5.41) is 3.47. The van der Waals surface area contributed by atoms with Crippen LogP contribution < -0.4 is 5.32 Å². The first kappa shape index (κ1) is 12.8. The van der Waals surface area contributed by atoms with Crippen molar-refractivity contribution in [1.82, 2.24) is 5.32 Å². The minimum Gasteiger partial charge on any atom is -0.316 e. The molecule has 16 heavy (non-hydrogen) atoms. The summed E-state index contributed by atoms with van der Waals surface area (Å²) >= 11 is 0. The van der Waals surface area contributed by atoms with Crippen LogP contribution in [0.5, 0.6) is 0 Å². The number of rotatable bonds is 7. The number of terminal acetylenes is 1. The van der Waals surface area contributed by atoms with Gasteiger partial charge in [0.15, 0.2) is 0 Å².